The fourth-order valence-electron chi connectivity index (χ4n) is 2.18. The zero-order valence-electron chi connectivity index (χ0n) is 15.1. The Hall–Kier alpha value is -3.10. The van der Waals surface area contributed by atoms with Crippen molar-refractivity contribution in [2.75, 3.05) is 32.9 Å². The maximum absolute atomic E-state index is 12.0. The van der Waals surface area contributed by atoms with Crippen molar-refractivity contribution in [3.05, 3.63) is 29.8 Å². The van der Waals surface area contributed by atoms with E-state index in [1.807, 2.05) is 0 Å². The Bertz CT molecular complexity index is 687. The van der Waals surface area contributed by atoms with Crippen LogP contribution in [0.4, 0.5) is 4.79 Å². The highest BCUT2D eigenvalue weighted by Crippen LogP contribution is 2.12. The van der Waals surface area contributed by atoms with E-state index >= 15 is 0 Å². The first-order chi connectivity index (χ1) is 13.0. The summed E-state index contributed by atoms with van der Waals surface area (Å²) in [7, 11) is 0. The quantitative estimate of drug-likeness (QED) is 0.506. The number of amides is 3. The van der Waals surface area contributed by atoms with Crippen molar-refractivity contribution in [1.82, 2.24) is 10.2 Å². The Morgan fingerprint density at radius 1 is 1.22 bits per heavy atom. The molecule has 146 valence electrons. The molecule has 9 nitrogen and oxygen atoms in total. The number of cyclic esters (lactones) is 1. The summed E-state index contributed by atoms with van der Waals surface area (Å²) >= 11 is 0. The summed E-state index contributed by atoms with van der Waals surface area (Å²) in [5, 5.41) is 2.40. The maximum atomic E-state index is 12.0. The van der Waals surface area contributed by atoms with Gasteiger partial charge in [-0.3, -0.25) is 14.4 Å². The smallest absolute Gasteiger partial charge is 0.416 e. The highest BCUT2D eigenvalue weighted by Gasteiger charge is 2.28. The van der Waals surface area contributed by atoms with Gasteiger partial charge in [-0.25, -0.2) is 9.69 Å². The minimum absolute atomic E-state index is 0.122. The van der Waals surface area contributed by atoms with E-state index in [1.165, 1.54) is 0 Å². The molecule has 0 spiro atoms. The lowest BCUT2D eigenvalue weighted by Gasteiger charge is -2.11. The van der Waals surface area contributed by atoms with Crippen LogP contribution in [0.3, 0.4) is 0 Å². The third-order valence-electron chi connectivity index (χ3n) is 3.69. The predicted octanol–water partition coefficient (Wildman–Crippen LogP) is 1.12. The topological polar surface area (TPSA) is 111 Å². The summed E-state index contributed by atoms with van der Waals surface area (Å²) < 4.78 is 14.9. The molecule has 0 radical (unpaired) electrons. The Labute approximate surface area is 156 Å². The van der Waals surface area contributed by atoms with Crippen molar-refractivity contribution < 1.29 is 33.4 Å². The molecule has 27 heavy (non-hydrogen) atoms. The third-order valence-corrected chi connectivity index (χ3v) is 3.69. The van der Waals surface area contributed by atoms with Crippen molar-refractivity contribution in [3.8, 4) is 5.75 Å². The number of unbranched alkanes of at least 4 members (excludes halogenated alkanes) is 1. The second-order valence-electron chi connectivity index (χ2n) is 5.73. The van der Waals surface area contributed by atoms with Crippen LogP contribution < -0.4 is 10.1 Å². The standard InChI is InChI=1S/C18H22N2O7/c1-2-3-9-25-14-6-4-13(5-7-14)17(23)19-11-16(22)27-12-15(21)20-8-10-26-18(20)24/h4-7H,2-3,8-12H2,1H3,(H,19,23). The van der Waals surface area contributed by atoms with E-state index in [0.29, 0.717) is 17.9 Å². The van der Waals surface area contributed by atoms with Gasteiger partial charge in [0, 0.05) is 5.56 Å². The van der Waals surface area contributed by atoms with Gasteiger partial charge in [0.25, 0.3) is 11.8 Å². The zero-order valence-corrected chi connectivity index (χ0v) is 15.1. The number of hydrogen-bond acceptors (Lipinski definition) is 7. The highest BCUT2D eigenvalue weighted by molar-refractivity contribution is 5.97. The number of nitrogens with one attached hydrogen (secondary N) is 1. The van der Waals surface area contributed by atoms with E-state index in [4.69, 9.17) is 9.47 Å². The van der Waals surface area contributed by atoms with Crippen LogP contribution in [0.25, 0.3) is 0 Å². The summed E-state index contributed by atoms with van der Waals surface area (Å²) in [4.78, 5) is 47.4. The van der Waals surface area contributed by atoms with Gasteiger partial charge in [0.15, 0.2) is 6.61 Å². The molecule has 0 aliphatic carbocycles. The van der Waals surface area contributed by atoms with E-state index in [0.717, 1.165) is 17.7 Å². The fraction of sp³-hybridized carbons (Fsp3) is 0.444. The molecular formula is C18H22N2O7. The lowest BCUT2D eigenvalue weighted by atomic mass is 10.2. The van der Waals surface area contributed by atoms with Crippen molar-refractivity contribution >= 4 is 23.9 Å². The molecule has 1 heterocycles. The molecule has 9 heteroatoms. The van der Waals surface area contributed by atoms with Gasteiger partial charge in [0.05, 0.1) is 13.2 Å². The molecule has 1 aromatic carbocycles. The van der Waals surface area contributed by atoms with Gasteiger partial charge in [-0.05, 0) is 30.7 Å². The SMILES string of the molecule is CCCCOc1ccc(C(=O)NCC(=O)OCC(=O)N2CCOC2=O)cc1. The molecule has 3 amide bonds. The molecule has 1 aromatic rings. The number of ether oxygens (including phenoxy) is 3. The molecule has 1 aliphatic rings. The number of imide groups is 1. The fourth-order valence-corrected chi connectivity index (χ4v) is 2.18. The monoisotopic (exact) mass is 378 g/mol. The Balaban J connectivity index is 1.70. The van der Waals surface area contributed by atoms with Crippen molar-refractivity contribution in [3.63, 3.8) is 0 Å². The van der Waals surface area contributed by atoms with E-state index in [1.54, 1.807) is 24.3 Å². The normalized spacial score (nSPS) is 13.1. The van der Waals surface area contributed by atoms with Crippen molar-refractivity contribution in [1.29, 1.82) is 0 Å². The molecule has 1 N–H and O–H groups in total. The molecule has 0 aromatic heterocycles. The minimum Gasteiger partial charge on any atom is -0.494 e. The summed E-state index contributed by atoms with van der Waals surface area (Å²) in [6.45, 7) is 1.94. The van der Waals surface area contributed by atoms with Gasteiger partial charge in [-0.1, -0.05) is 13.3 Å². The van der Waals surface area contributed by atoms with Crippen LogP contribution in [0, 0.1) is 0 Å². The molecule has 0 unspecified atom stereocenters. The highest BCUT2D eigenvalue weighted by atomic mass is 16.6. The van der Waals surface area contributed by atoms with E-state index < -0.39 is 37.0 Å². The lowest BCUT2D eigenvalue weighted by molar-refractivity contribution is -0.149. The van der Waals surface area contributed by atoms with Gasteiger partial charge in [0.2, 0.25) is 0 Å². The van der Waals surface area contributed by atoms with E-state index in [-0.39, 0.29) is 13.2 Å². The summed E-state index contributed by atoms with van der Waals surface area (Å²) in [6, 6.07) is 6.53. The van der Waals surface area contributed by atoms with Crippen LogP contribution in [-0.2, 0) is 19.1 Å². The number of rotatable bonds is 9. The maximum Gasteiger partial charge on any atom is 0.416 e. The summed E-state index contributed by atoms with van der Waals surface area (Å²) in [6.07, 6.45) is 1.22. The second-order valence-corrected chi connectivity index (χ2v) is 5.73. The molecule has 2 rings (SSSR count). The zero-order chi connectivity index (χ0) is 19.6. The van der Waals surface area contributed by atoms with Gasteiger partial charge >= 0.3 is 12.1 Å². The van der Waals surface area contributed by atoms with Crippen LogP contribution in [0.1, 0.15) is 30.1 Å². The average molecular weight is 378 g/mol. The minimum atomic E-state index is -0.788. The van der Waals surface area contributed by atoms with Crippen LogP contribution in [0.15, 0.2) is 24.3 Å². The first-order valence-electron chi connectivity index (χ1n) is 8.65. The van der Waals surface area contributed by atoms with Crippen LogP contribution >= 0.6 is 0 Å². The molecule has 0 atom stereocenters. The number of nitrogens with zero attached hydrogens (tertiary/aromatic N) is 1. The van der Waals surface area contributed by atoms with Crippen molar-refractivity contribution in [2.24, 2.45) is 0 Å². The molecule has 1 fully saturated rings. The van der Waals surface area contributed by atoms with Gasteiger partial charge < -0.3 is 19.5 Å². The average Bonchev–Trinajstić information content (AvgIpc) is 3.11. The largest absolute Gasteiger partial charge is 0.494 e. The van der Waals surface area contributed by atoms with Gasteiger partial charge in [-0.15, -0.1) is 0 Å². The predicted molar refractivity (Wildman–Crippen MR) is 93.2 cm³/mol. The van der Waals surface area contributed by atoms with E-state index in [2.05, 4.69) is 17.0 Å². The van der Waals surface area contributed by atoms with Gasteiger partial charge in [-0.2, -0.15) is 0 Å². The molecule has 1 saturated heterocycles. The third kappa shape index (κ3) is 6.28. The first kappa shape index (κ1) is 20.2. The lowest BCUT2D eigenvalue weighted by Crippen LogP contribution is -2.37. The van der Waals surface area contributed by atoms with Crippen LogP contribution in [0.2, 0.25) is 0 Å². The van der Waals surface area contributed by atoms with Gasteiger partial charge in [0.1, 0.15) is 18.9 Å². The molecule has 0 bridgehead atoms. The number of benzene rings is 1. The van der Waals surface area contributed by atoms with Crippen LogP contribution in [-0.4, -0.2) is 61.7 Å². The Morgan fingerprint density at radius 2 is 1.96 bits per heavy atom. The Kier molecular flexibility index (Phi) is 7.60. The molecular weight excluding hydrogens is 356 g/mol. The second kappa shape index (κ2) is 10.1. The van der Waals surface area contributed by atoms with Crippen LogP contribution in [0.5, 0.6) is 5.75 Å². The Morgan fingerprint density at radius 3 is 2.59 bits per heavy atom. The number of carbonyl (C=O) groups is 4. The number of carbonyl (C=O) groups excluding carboxylic acids is 4. The first-order valence-corrected chi connectivity index (χ1v) is 8.65. The number of esters is 1. The molecule has 1 aliphatic heterocycles. The number of hydrogen-bond donors (Lipinski definition) is 1. The van der Waals surface area contributed by atoms with E-state index in [9.17, 15) is 19.2 Å². The summed E-state index contributed by atoms with van der Waals surface area (Å²) in [5.41, 5.74) is 0.363. The van der Waals surface area contributed by atoms with Crippen molar-refractivity contribution in [2.45, 2.75) is 19.8 Å². The molecule has 0 saturated carbocycles. The summed E-state index contributed by atoms with van der Waals surface area (Å²) in [5.74, 6) is -1.25.